The second-order valence-electron chi connectivity index (χ2n) is 7.60. The third kappa shape index (κ3) is 5.58. The van der Waals surface area contributed by atoms with Crippen LogP contribution in [-0.2, 0) is 27.2 Å². The summed E-state index contributed by atoms with van der Waals surface area (Å²) in [5.41, 5.74) is 3.85. The lowest BCUT2D eigenvalue weighted by atomic mass is 10.0. The van der Waals surface area contributed by atoms with Gasteiger partial charge in [-0.05, 0) is 54.3 Å². The Morgan fingerprint density at radius 3 is 2.70 bits per heavy atom. The molecule has 0 spiro atoms. The number of nitrogens with zero attached hydrogens (tertiary/aromatic N) is 1. The molecule has 2 heterocycles. The zero-order chi connectivity index (χ0) is 20.8. The van der Waals surface area contributed by atoms with Crippen molar-refractivity contribution in [3.8, 4) is 5.75 Å². The molecule has 7 heteroatoms. The highest BCUT2D eigenvalue weighted by Gasteiger charge is 2.15. The van der Waals surface area contributed by atoms with Crippen LogP contribution in [-0.4, -0.2) is 56.2 Å². The van der Waals surface area contributed by atoms with E-state index in [1.807, 2.05) is 24.3 Å². The van der Waals surface area contributed by atoms with Gasteiger partial charge >= 0.3 is 0 Å². The number of anilines is 2. The predicted molar refractivity (Wildman–Crippen MR) is 115 cm³/mol. The summed E-state index contributed by atoms with van der Waals surface area (Å²) in [7, 11) is 0. The van der Waals surface area contributed by atoms with Crippen LogP contribution in [0.1, 0.15) is 17.5 Å². The Morgan fingerprint density at radius 1 is 1.10 bits per heavy atom. The van der Waals surface area contributed by atoms with Crippen LogP contribution in [0.15, 0.2) is 42.5 Å². The van der Waals surface area contributed by atoms with Crippen molar-refractivity contribution >= 4 is 23.2 Å². The number of hydrogen-bond donors (Lipinski definition) is 2. The van der Waals surface area contributed by atoms with Gasteiger partial charge in [-0.1, -0.05) is 12.1 Å². The molecule has 0 saturated carbocycles. The van der Waals surface area contributed by atoms with E-state index in [0.717, 1.165) is 56.2 Å². The van der Waals surface area contributed by atoms with Gasteiger partial charge in [0.2, 0.25) is 5.91 Å². The average molecular weight is 409 g/mol. The van der Waals surface area contributed by atoms with Crippen molar-refractivity contribution in [3.05, 3.63) is 53.6 Å². The van der Waals surface area contributed by atoms with Gasteiger partial charge in [-0.3, -0.25) is 14.5 Å². The molecule has 0 unspecified atom stereocenters. The summed E-state index contributed by atoms with van der Waals surface area (Å²) < 4.78 is 11.0. The largest absolute Gasteiger partial charge is 0.484 e. The number of ether oxygens (including phenoxy) is 2. The highest BCUT2D eigenvalue weighted by atomic mass is 16.5. The molecule has 2 aliphatic rings. The van der Waals surface area contributed by atoms with E-state index in [9.17, 15) is 9.59 Å². The van der Waals surface area contributed by atoms with E-state index in [2.05, 4.69) is 27.7 Å². The van der Waals surface area contributed by atoms with Crippen LogP contribution in [0.4, 0.5) is 11.4 Å². The van der Waals surface area contributed by atoms with E-state index in [1.165, 1.54) is 5.56 Å². The molecule has 1 fully saturated rings. The van der Waals surface area contributed by atoms with Gasteiger partial charge in [-0.25, -0.2) is 0 Å². The molecule has 158 valence electrons. The van der Waals surface area contributed by atoms with Crippen LogP contribution < -0.4 is 15.4 Å². The fourth-order valence-corrected chi connectivity index (χ4v) is 3.66. The molecule has 7 nitrogen and oxygen atoms in total. The molecule has 0 aromatic heterocycles. The second-order valence-corrected chi connectivity index (χ2v) is 7.60. The van der Waals surface area contributed by atoms with Crippen molar-refractivity contribution < 1.29 is 19.1 Å². The lowest BCUT2D eigenvalue weighted by Crippen LogP contribution is -2.37. The van der Waals surface area contributed by atoms with E-state index in [4.69, 9.17) is 9.47 Å². The third-order valence-electron chi connectivity index (χ3n) is 5.40. The van der Waals surface area contributed by atoms with Crippen molar-refractivity contribution in [3.63, 3.8) is 0 Å². The zero-order valence-corrected chi connectivity index (χ0v) is 17.0. The minimum absolute atomic E-state index is 0.0302. The quantitative estimate of drug-likeness (QED) is 0.734. The zero-order valence-electron chi connectivity index (χ0n) is 17.0. The SMILES string of the molecule is O=C(COc1ccc2c(c1)CCC(=O)N2)Nc1ccc(CCN2CCOCC2)cc1. The highest BCUT2D eigenvalue weighted by Crippen LogP contribution is 2.26. The molecule has 0 aliphatic carbocycles. The van der Waals surface area contributed by atoms with Gasteiger partial charge in [-0.2, -0.15) is 0 Å². The summed E-state index contributed by atoms with van der Waals surface area (Å²) in [6.07, 6.45) is 2.14. The van der Waals surface area contributed by atoms with Crippen LogP contribution in [0.2, 0.25) is 0 Å². The van der Waals surface area contributed by atoms with Gasteiger partial charge in [-0.15, -0.1) is 0 Å². The molecular formula is C23H27N3O4. The van der Waals surface area contributed by atoms with Crippen molar-refractivity contribution in [2.75, 3.05) is 50.1 Å². The van der Waals surface area contributed by atoms with E-state index < -0.39 is 0 Å². The first-order valence-electron chi connectivity index (χ1n) is 10.4. The molecule has 0 atom stereocenters. The van der Waals surface area contributed by atoms with Crippen LogP contribution in [0.25, 0.3) is 0 Å². The maximum absolute atomic E-state index is 12.2. The monoisotopic (exact) mass is 409 g/mol. The smallest absolute Gasteiger partial charge is 0.262 e. The fourth-order valence-electron chi connectivity index (χ4n) is 3.66. The van der Waals surface area contributed by atoms with E-state index in [-0.39, 0.29) is 18.4 Å². The Kier molecular flexibility index (Phi) is 6.61. The number of aryl methyl sites for hydroxylation is 1. The highest BCUT2D eigenvalue weighted by molar-refractivity contribution is 5.94. The van der Waals surface area contributed by atoms with Crippen LogP contribution in [0.3, 0.4) is 0 Å². The topological polar surface area (TPSA) is 79.9 Å². The molecular weight excluding hydrogens is 382 g/mol. The second kappa shape index (κ2) is 9.73. The van der Waals surface area contributed by atoms with Gasteiger partial charge in [0, 0.05) is 37.4 Å². The minimum Gasteiger partial charge on any atom is -0.484 e. The Morgan fingerprint density at radius 2 is 1.90 bits per heavy atom. The molecule has 2 N–H and O–H groups in total. The summed E-state index contributed by atoms with van der Waals surface area (Å²) in [5.74, 6) is 0.447. The van der Waals surface area contributed by atoms with Gasteiger partial charge in [0.05, 0.1) is 13.2 Å². The maximum atomic E-state index is 12.2. The van der Waals surface area contributed by atoms with Gasteiger partial charge in [0.15, 0.2) is 6.61 Å². The van der Waals surface area contributed by atoms with E-state index in [1.54, 1.807) is 6.07 Å². The Labute approximate surface area is 176 Å². The van der Waals surface area contributed by atoms with Crippen LogP contribution >= 0.6 is 0 Å². The first kappa shape index (κ1) is 20.4. The fraction of sp³-hybridized carbons (Fsp3) is 0.391. The number of fused-ring (bicyclic) bond motifs is 1. The molecule has 2 aromatic carbocycles. The van der Waals surface area contributed by atoms with E-state index >= 15 is 0 Å². The number of carbonyl (C=O) groups is 2. The van der Waals surface area contributed by atoms with Crippen LogP contribution in [0.5, 0.6) is 5.75 Å². The van der Waals surface area contributed by atoms with Crippen LogP contribution in [0, 0.1) is 0 Å². The van der Waals surface area contributed by atoms with E-state index in [0.29, 0.717) is 18.6 Å². The van der Waals surface area contributed by atoms with Crippen molar-refractivity contribution in [2.24, 2.45) is 0 Å². The molecule has 1 saturated heterocycles. The molecule has 2 aromatic rings. The predicted octanol–water partition coefficient (Wildman–Crippen LogP) is 2.46. The summed E-state index contributed by atoms with van der Waals surface area (Å²) in [5, 5.41) is 5.70. The lowest BCUT2D eigenvalue weighted by Gasteiger charge is -2.26. The maximum Gasteiger partial charge on any atom is 0.262 e. The summed E-state index contributed by atoms with van der Waals surface area (Å²) >= 11 is 0. The van der Waals surface area contributed by atoms with Crippen molar-refractivity contribution in [1.29, 1.82) is 0 Å². The summed E-state index contributed by atoms with van der Waals surface area (Å²) in [6, 6.07) is 13.4. The minimum atomic E-state index is -0.206. The molecule has 4 rings (SSSR count). The van der Waals surface area contributed by atoms with Crippen molar-refractivity contribution in [1.82, 2.24) is 4.90 Å². The summed E-state index contributed by atoms with van der Waals surface area (Å²) in [4.78, 5) is 26.1. The number of hydrogen-bond acceptors (Lipinski definition) is 5. The number of benzene rings is 2. The number of amides is 2. The Balaban J connectivity index is 1.22. The Hall–Kier alpha value is -2.90. The molecule has 2 aliphatic heterocycles. The average Bonchev–Trinajstić information content (AvgIpc) is 2.78. The van der Waals surface area contributed by atoms with Gasteiger partial charge in [0.25, 0.3) is 5.91 Å². The first-order chi connectivity index (χ1) is 14.7. The normalized spacial score (nSPS) is 16.5. The summed E-state index contributed by atoms with van der Waals surface area (Å²) in [6.45, 7) is 4.57. The molecule has 0 bridgehead atoms. The molecule has 2 amide bonds. The Bertz CT molecular complexity index is 892. The molecule has 30 heavy (non-hydrogen) atoms. The molecule has 0 radical (unpaired) electrons. The number of carbonyl (C=O) groups excluding carboxylic acids is 2. The number of nitrogens with one attached hydrogen (secondary N) is 2. The first-order valence-corrected chi connectivity index (χ1v) is 10.4. The van der Waals surface area contributed by atoms with Gasteiger partial charge < -0.3 is 20.1 Å². The number of morpholine rings is 1. The standard InChI is InChI=1S/C23H27N3O4/c27-22-8-3-18-15-20(6-7-21(18)25-22)30-16-23(28)24-19-4-1-17(2-5-19)9-10-26-11-13-29-14-12-26/h1-2,4-7,15H,3,8-14,16H2,(H,24,28)(H,25,27). The van der Waals surface area contributed by atoms with Gasteiger partial charge in [0.1, 0.15) is 5.75 Å². The lowest BCUT2D eigenvalue weighted by molar-refractivity contribution is -0.118. The van der Waals surface area contributed by atoms with Crippen molar-refractivity contribution in [2.45, 2.75) is 19.3 Å². The number of rotatable bonds is 7. The third-order valence-corrected chi connectivity index (χ3v) is 5.40.